The van der Waals surface area contributed by atoms with Gasteiger partial charge in [-0.05, 0) is 19.1 Å². The molecule has 0 saturated carbocycles. The first-order valence-electron chi connectivity index (χ1n) is 5.72. The van der Waals surface area contributed by atoms with Gasteiger partial charge in [-0.3, -0.25) is 9.59 Å². The van der Waals surface area contributed by atoms with Gasteiger partial charge in [0.15, 0.2) is 11.6 Å². The zero-order valence-electron chi connectivity index (χ0n) is 10.5. The van der Waals surface area contributed by atoms with Crippen LogP contribution in [0.2, 0.25) is 0 Å². The molecule has 2 aromatic rings. The number of ketones is 1. The van der Waals surface area contributed by atoms with Crippen molar-refractivity contribution < 1.29 is 18.4 Å². The predicted molar refractivity (Wildman–Crippen MR) is 65.9 cm³/mol. The van der Waals surface area contributed by atoms with Gasteiger partial charge in [0.1, 0.15) is 0 Å². The molecule has 100 valence electrons. The second kappa shape index (κ2) is 4.79. The molecule has 0 radical (unpaired) electrons. The van der Waals surface area contributed by atoms with Crippen molar-refractivity contribution in [1.82, 2.24) is 9.88 Å². The topological polar surface area (TPSA) is 53.2 Å². The number of likely N-dealkylation sites (N-methyl/N-ethyl adjacent to an activating group) is 1. The molecule has 1 aromatic heterocycles. The Balaban J connectivity index is 2.50. The molecule has 2 rings (SSSR count). The third-order valence-corrected chi connectivity index (χ3v) is 3.01. The van der Waals surface area contributed by atoms with Crippen LogP contribution < -0.4 is 0 Å². The standard InChI is InChI=1S/C13H12F2N2O2/c1-3-17(2)13(19)12(18)8-6-16-11-7(8)4-5-9(14)10(11)15/h4-6,16H,3H2,1-2H3. The summed E-state index contributed by atoms with van der Waals surface area (Å²) in [6.45, 7) is 2.12. The van der Waals surface area contributed by atoms with Gasteiger partial charge in [0.2, 0.25) is 0 Å². The van der Waals surface area contributed by atoms with Crippen molar-refractivity contribution in [2.24, 2.45) is 0 Å². The van der Waals surface area contributed by atoms with Crippen LogP contribution in [0.3, 0.4) is 0 Å². The van der Waals surface area contributed by atoms with Crippen molar-refractivity contribution >= 4 is 22.6 Å². The Morgan fingerprint density at radius 3 is 2.63 bits per heavy atom. The quantitative estimate of drug-likeness (QED) is 0.683. The average Bonchev–Trinajstić information content (AvgIpc) is 2.84. The molecule has 0 atom stereocenters. The molecular weight excluding hydrogens is 254 g/mol. The van der Waals surface area contributed by atoms with Crippen LogP contribution in [0, 0.1) is 11.6 Å². The molecule has 0 unspecified atom stereocenters. The first kappa shape index (κ1) is 13.2. The van der Waals surface area contributed by atoms with E-state index in [9.17, 15) is 18.4 Å². The molecule has 19 heavy (non-hydrogen) atoms. The Morgan fingerprint density at radius 2 is 2.00 bits per heavy atom. The number of Topliss-reactive ketones (excluding diaryl/α,β-unsaturated/α-hetero) is 1. The van der Waals surface area contributed by atoms with Crippen molar-refractivity contribution in [3.63, 3.8) is 0 Å². The molecule has 0 aliphatic rings. The van der Waals surface area contributed by atoms with Gasteiger partial charge in [0.05, 0.1) is 11.1 Å². The van der Waals surface area contributed by atoms with E-state index < -0.39 is 23.3 Å². The van der Waals surface area contributed by atoms with E-state index in [2.05, 4.69) is 4.98 Å². The van der Waals surface area contributed by atoms with Gasteiger partial charge in [-0.25, -0.2) is 8.78 Å². The second-order valence-corrected chi connectivity index (χ2v) is 4.13. The Labute approximate surface area is 108 Å². The summed E-state index contributed by atoms with van der Waals surface area (Å²) in [6, 6.07) is 2.20. The average molecular weight is 266 g/mol. The van der Waals surface area contributed by atoms with E-state index >= 15 is 0 Å². The summed E-state index contributed by atoms with van der Waals surface area (Å²) in [4.78, 5) is 27.5. The Morgan fingerprint density at radius 1 is 1.32 bits per heavy atom. The number of aromatic amines is 1. The Kier molecular flexibility index (Phi) is 3.33. The summed E-state index contributed by atoms with van der Waals surface area (Å²) in [5, 5.41) is 0.196. The summed E-state index contributed by atoms with van der Waals surface area (Å²) in [7, 11) is 1.50. The van der Waals surface area contributed by atoms with E-state index in [1.54, 1.807) is 6.92 Å². The first-order valence-corrected chi connectivity index (χ1v) is 5.72. The van der Waals surface area contributed by atoms with E-state index in [-0.39, 0.29) is 16.5 Å². The maximum Gasteiger partial charge on any atom is 0.294 e. The van der Waals surface area contributed by atoms with Gasteiger partial charge in [0.25, 0.3) is 11.7 Å². The Bertz CT molecular complexity index is 664. The lowest BCUT2D eigenvalue weighted by molar-refractivity contribution is -0.125. The summed E-state index contributed by atoms with van der Waals surface area (Å²) in [6.07, 6.45) is 1.22. The molecule has 1 heterocycles. The first-order chi connectivity index (χ1) is 8.97. The number of aromatic nitrogens is 1. The Hall–Kier alpha value is -2.24. The third-order valence-electron chi connectivity index (χ3n) is 3.01. The fraction of sp³-hybridized carbons (Fsp3) is 0.231. The highest BCUT2D eigenvalue weighted by atomic mass is 19.2. The largest absolute Gasteiger partial charge is 0.358 e. The number of carbonyl (C=O) groups excluding carboxylic acids is 2. The number of rotatable bonds is 3. The minimum atomic E-state index is -1.06. The number of amides is 1. The van der Waals surface area contributed by atoms with Crippen LogP contribution in [0.25, 0.3) is 10.9 Å². The van der Waals surface area contributed by atoms with Gasteiger partial charge < -0.3 is 9.88 Å². The van der Waals surface area contributed by atoms with Crippen molar-refractivity contribution in [2.45, 2.75) is 6.92 Å². The zero-order chi connectivity index (χ0) is 14.2. The molecule has 0 bridgehead atoms. The molecule has 0 aliphatic heterocycles. The molecule has 1 aromatic carbocycles. The van der Waals surface area contributed by atoms with Gasteiger partial charge >= 0.3 is 0 Å². The summed E-state index contributed by atoms with van der Waals surface area (Å²) in [5.41, 5.74) is -0.0745. The number of halogens is 2. The van der Waals surface area contributed by atoms with Crippen LogP contribution in [0.15, 0.2) is 18.3 Å². The molecule has 4 nitrogen and oxygen atoms in total. The highest BCUT2D eigenvalue weighted by molar-refractivity contribution is 6.44. The number of carbonyl (C=O) groups is 2. The second-order valence-electron chi connectivity index (χ2n) is 4.13. The number of nitrogens with one attached hydrogen (secondary N) is 1. The van der Waals surface area contributed by atoms with Crippen molar-refractivity contribution in [1.29, 1.82) is 0 Å². The summed E-state index contributed by atoms with van der Waals surface area (Å²) >= 11 is 0. The van der Waals surface area contributed by atoms with Crippen LogP contribution in [-0.4, -0.2) is 35.2 Å². The highest BCUT2D eigenvalue weighted by Crippen LogP contribution is 2.23. The fourth-order valence-corrected chi connectivity index (χ4v) is 1.76. The number of fused-ring (bicyclic) bond motifs is 1. The molecule has 0 saturated heterocycles. The maximum absolute atomic E-state index is 13.5. The highest BCUT2D eigenvalue weighted by Gasteiger charge is 2.23. The van der Waals surface area contributed by atoms with Crippen molar-refractivity contribution in [3.8, 4) is 0 Å². The number of hydrogen-bond donors (Lipinski definition) is 1. The van der Waals surface area contributed by atoms with E-state index in [0.29, 0.717) is 6.54 Å². The molecular formula is C13H12F2N2O2. The van der Waals surface area contributed by atoms with Gasteiger partial charge in [-0.1, -0.05) is 0 Å². The summed E-state index contributed by atoms with van der Waals surface area (Å²) < 4.78 is 26.5. The molecule has 6 heteroatoms. The van der Waals surface area contributed by atoms with Gasteiger partial charge in [-0.15, -0.1) is 0 Å². The predicted octanol–water partition coefficient (Wildman–Crippen LogP) is 2.11. The summed E-state index contributed by atoms with van der Waals surface area (Å²) in [5.74, 6) is -3.51. The third kappa shape index (κ3) is 2.09. The number of benzene rings is 1. The van der Waals surface area contributed by atoms with Crippen LogP contribution in [0.1, 0.15) is 17.3 Å². The van der Waals surface area contributed by atoms with E-state index in [1.807, 2.05) is 0 Å². The molecule has 1 N–H and O–H groups in total. The van der Waals surface area contributed by atoms with Gasteiger partial charge in [-0.2, -0.15) is 0 Å². The number of H-pyrrole nitrogens is 1. The fourth-order valence-electron chi connectivity index (χ4n) is 1.76. The van der Waals surface area contributed by atoms with Crippen molar-refractivity contribution in [2.75, 3.05) is 13.6 Å². The number of nitrogens with zero attached hydrogens (tertiary/aromatic N) is 1. The SMILES string of the molecule is CCN(C)C(=O)C(=O)c1c[nH]c2c(F)c(F)ccc12. The van der Waals surface area contributed by atoms with Gasteiger partial charge in [0, 0.05) is 25.2 Å². The van der Waals surface area contributed by atoms with Crippen LogP contribution in [0.5, 0.6) is 0 Å². The van der Waals surface area contributed by atoms with Crippen LogP contribution in [-0.2, 0) is 4.79 Å². The molecule has 0 aliphatic carbocycles. The minimum Gasteiger partial charge on any atom is -0.358 e. The van der Waals surface area contributed by atoms with E-state index in [1.165, 1.54) is 24.2 Å². The smallest absolute Gasteiger partial charge is 0.294 e. The molecule has 1 amide bonds. The lowest BCUT2D eigenvalue weighted by Crippen LogP contribution is -2.32. The lowest BCUT2D eigenvalue weighted by Gasteiger charge is -2.12. The van der Waals surface area contributed by atoms with Crippen LogP contribution >= 0.6 is 0 Å². The van der Waals surface area contributed by atoms with E-state index in [0.717, 1.165) is 6.07 Å². The minimum absolute atomic E-state index is 0.0409. The molecule has 0 spiro atoms. The number of hydrogen-bond acceptors (Lipinski definition) is 2. The van der Waals surface area contributed by atoms with Crippen molar-refractivity contribution in [3.05, 3.63) is 35.5 Å². The normalized spacial score (nSPS) is 10.7. The lowest BCUT2D eigenvalue weighted by atomic mass is 10.1. The zero-order valence-corrected chi connectivity index (χ0v) is 10.5. The monoisotopic (exact) mass is 266 g/mol. The van der Waals surface area contributed by atoms with E-state index in [4.69, 9.17) is 0 Å². The maximum atomic E-state index is 13.5. The molecule has 0 fully saturated rings. The van der Waals surface area contributed by atoms with Crippen LogP contribution in [0.4, 0.5) is 8.78 Å².